The molecule has 0 aromatic rings. The molecule has 2 heteroatoms. The van der Waals surface area contributed by atoms with E-state index < -0.39 is 0 Å². The Labute approximate surface area is 121 Å². The van der Waals surface area contributed by atoms with Crippen LogP contribution in [0.5, 0.6) is 0 Å². The first-order valence-corrected chi connectivity index (χ1v) is 8.59. The number of nitrogens with one attached hydrogen (secondary N) is 1. The highest BCUT2D eigenvalue weighted by atomic mass is 15.1. The number of hydrogen-bond acceptors (Lipinski definition) is 2. The molecule has 0 saturated heterocycles. The zero-order valence-electron chi connectivity index (χ0n) is 13.9. The lowest BCUT2D eigenvalue weighted by Crippen LogP contribution is -2.46. The Morgan fingerprint density at radius 2 is 1.79 bits per heavy atom. The maximum Gasteiger partial charge on any atom is 0.0108 e. The normalized spacial score (nSPS) is 28.3. The van der Waals surface area contributed by atoms with E-state index in [0.29, 0.717) is 0 Å². The summed E-state index contributed by atoms with van der Waals surface area (Å²) in [7, 11) is 2.33. The molecule has 0 aromatic heterocycles. The van der Waals surface area contributed by atoms with Gasteiger partial charge < -0.3 is 10.2 Å². The van der Waals surface area contributed by atoms with Crippen molar-refractivity contribution in [3.63, 3.8) is 0 Å². The Bertz CT molecular complexity index is 225. The quantitative estimate of drug-likeness (QED) is 0.718. The van der Waals surface area contributed by atoms with Gasteiger partial charge in [-0.2, -0.15) is 0 Å². The molecule has 1 aliphatic carbocycles. The molecule has 0 heterocycles. The summed E-state index contributed by atoms with van der Waals surface area (Å²) in [6, 6.07) is 1.52. The standard InChI is InChI=1S/C17H36N2/c1-6-14-10-11-17(18-9-4)15(12-14)13-19(5)16(7-2)8-3/h14-18H,6-13H2,1-5H3. The molecule has 1 saturated carbocycles. The fourth-order valence-electron chi connectivity index (χ4n) is 3.90. The summed E-state index contributed by atoms with van der Waals surface area (Å²) < 4.78 is 0. The summed E-state index contributed by atoms with van der Waals surface area (Å²) >= 11 is 0. The van der Waals surface area contributed by atoms with Crippen LogP contribution in [0.15, 0.2) is 0 Å². The Hall–Kier alpha value is -0.0800. The van der Waals surface area contributed by atoms with Gasteiger partial charge in [0.1, 0.15) is 0 Å². The van der Waals surface area contributed by atoms with Gasteiger partial charge in [0, 0.05) is 18.6 Å². The van der Waals surface area contributed by atoms with Crippen LogP contribution in [0.2, 0.25) is 0 Å². The Morgan fingerprint density at radius 1 is 1.11 bits per heavy atom. The molecule has 19 heavy (non-hydrogen) atoms. The molecule has 0 spiro atoms. The lowest BCUT2D eigenvalue weighted by Gasteiger charge is -2.40. The third kappa shape index (κ3) is 5.07. The second-order valence-corrected chi connectivity index (χ2v) is 6.42. The SMILES string of the molecule is CCNC1CCC(CC)CC1CN(C)C(CC)CC. The summed E-state index contributed by atoms with van der Waals surface area (Å²) in [5, 5.41) is 3.73. The van der Waals surface area contributed by atoms with Crippen LogP contribution >= 0.6 is 0 Å². The molecule has 0 amide bonds. The fraction of sp³-hybridized carbons (Fsp3) is 1.00. The van der Waals surface area contributed by atoms with E-state index in [0.717, 1.165) is 30.5 Å². The van der Waals surface area contributed by atoms with E-state index in [-0.39, 0.29) is 0 Å². The molecule has 0 aliphatic heterocycles. The van der Waals surface area contributed by atoms with E-state index in [9.17, 15) is 0 Å². The first-order chi connectivity index (χ1) is 9.15. The summed E-state index contributed by atoms with van der Waals surface area (Å²) in [5.74, 6) is 1.82. The monoisotopic (exact) mass is 268 g/mol. The van der Waals surface area contributed by atoms with Gasteiger partial charge in [-0.25, -0.2) is 0 Å². The van der Waals surface area contributed by atoms with Gasteiger partial charge in [-0.15, -0.1) is 0 Å². The highest BCUT2D eigenvalue weighted by Crippen LogP contribution is 2.32. The maximum atomic E-state index is 3.73. The van der Waals surface area contributed by atoms with Crippen LogP contribution in [0.1, 0.15) is 66.2 Å². The minimum Gasteiger partial charge on any atom is -0.314 e. The van der Waals surface area contributed by atoms with E-state index in [1.807, 2.05) is 0 Å². The van der Waals surface area contributed by atoms with Crippen molar-refractivity contribution in [3.05, 3.63) is 0 Å². The van der Waals surface area contributed by atoms with Crippen molar-refractivity contribution in [2.75, 3.05) is 20.1 Å². The predicted molar refractivity (Wildman–Crippen MR) is 85.6 cm³/mol. The Balaban J connectivity index is 2.57. The molecule has 0 radical (unpaired) electrons. The minimum absolute atomic E-state index is 0.754. The van der Waals surface area contributed by atoms with Crippen molar-refractivity contribution in [2.45, 2.75) is 78.3 Å². The second kappa shape index (κ2) is 8.97. The van der Waals surface area contributed by atoms with Crippen LogP contribution in [-0.2, 0) is 0 Å². The lowest BCUT2D eigenvalue weighted by molar-refractivity contribution is 0.125. The summed E-state index contributed by atoms with van der Waals surface area (Å²) in [6.07, 6.45) is 8.17. The van der Waals surface area contributed by atoms with Crippen molar-refractivity contribution in [3.8, 4) is 0 Å². The maximum absolute atomic E-state index is 3.73. The lowest BCUT2D eigenvalue weighted by atomic mass is 9.76. The van der Waals surface area contributed by atoms with Crippen LogP contribution in [-0.4, -0.2) is 37.1 Å². The smallest absolute Gasteiger partial charge is 0.0108 e. The number of rotatable bonds is 8. The highest BCUT2D eigenvalue weighted by molar-refractivity contribution is 4.86. The van der Waals surface area contributed by atoms with Crippen molar-refractivity contribution in [2.24, 2.45) is 11.8 Å². The Morgan fingerprint density at radius 3 is 2.32 bits per heavy atom. The molecular weight excluding hydrogens is 232 g/mol. The third-order valence-corrected chi connectivity index (χ3v) is 5.22. The van der Waals surface area contributed by atoms with Crippen molar-refractivity contribution < 1.29 is 0 Å². The first kappa shape index (κ1) is 17.0. The zero-order valence-corrected chi connectivity index (χ0v) is 13.9. The van der Waals surface area contributed by atoms with Gasteiger partial charge in [0.05, 0.1) is 0 Å². The van der Waals surface area contributed by atoms with E-state index in [4.69, 9.17) is 0 Å². The first-order valence-electron chi connectivity index (χ1n) is 8.59. The number of hydrogen-bond donors (Lipinski definition) is 1. The summed E-state index contributed by atoms with van der Waals surface area (Å²) in [5.41, 5.74) is 0. The van der Waals surface area contributed by atoms with E-state index in [1.54, 1.807) is 0 Å². The van der Waals surface area contributed by atoms with Crippen molar-refractivity contribution in [1.29, 1.82) is 0 Å². The van der Waals surface area contributed by atoms with E-state index in [1.165, 1.54) is 45.1 Å². The van der Waals surface area contributed by atoms with E-state index in [2.05, 4.69) is 45.0 Å². The van der Waals surface area contributed by atoms with Gasteiger partial charge in [-0.1, -0.05) is 34.1 Å². The van der Waals surface area contributed by atoms with Gasteiger partial charge in [0.25, 0.3) is 0 Å². The van der Waals surface area contributed by atoms with Gasteiger partial charge in [0.2, 0.25) is 0 Å². The van der Waals surface area contributed by atoms with Gasteiger partial charge in [0.15, 0.2) is 0 Å². The van der Waals surface area contributed by atoms with Gasteiger partial charge in [-0.05, 0) is 57.5 Å². The molecule has 3 unspecified atom stereocenters. The molecular formula is C17H36N2. The van der Waals surface area contributed by atoms with Crippen LogP contribution < -0.4 is 5.32 Å². The summed E-state index contributed by atoms with van der Waals surface area (Å²) in [6.45, 7) is 11.6. The van der Waals surface area contributed by atoms with Gasteiger partial charge >= 0.3 is 0 Å². The molecule has 2 nitrogen and oxygen atoms in total. The molecule has 1 fully saturated rings. The largest absolute Gasteiger partial charge is 0.314 e. The molecule has 1 rings (SSSR count). The molecule has 1 aliphatic rings. The molecule has 0 aromatic carbocycles. The summed E-state index contributed by atoms with van der Waals surface area (Å²) in [4.78, 5) is 2.62. The Kier molecular flexibility index (Phi) is 8.01. The van der Waals surface area contributed by atoms with Gasteiger partial charge in [-0.3, -0.25) is 0 Å². The van der Waals surface area contributed by atoms with Crippen LogP contribution in [0, 0.1) is 11.8 Å². The van der Waals surface area contributed by atoms with E-state index >= 15 is 0 Å². The molecule has 1 N–H and O–H groups in total. The van der Waals surface area contributed by atoms with Crippen molar-refractivity contribution in [1.82, 2.24) is 10.2 Å². The number of nitrogens with zero attached hydrogens (tertiary/aromatic N) is 1. The highest BCUT2D eigenvalue weighted by Gasteiger charge is 2.30. The molecule has 114 valence electrons. The second-order valence-electron chi connectivity index (χ2n) is 6.42. The molecule has 3 atom stereocenters. The van der Waals surface area contributed by atoms with Crippen LogP contribution in [0.25, 0.3) is 0 Å². The fourth-order valence-corrected chi connectivity index (χ4v) is 3.90. The predicted octanol–water partition coefficient (Wildman–Crippen LogP) is 3.91. The zero-order chi connectivity index (χ0) is 14.3. The van der Waals surface area contributed by atoms with Crippen LogP contribution in [0.4, 0.5) is 0 Å². The third-order valence-electron chi connectivity index (χ3n) is 5.22. The topological polar surface area (TPSA) is 15.3 Å². The van der Waals surface area contributed by atoms with Crippen molar-refractivity contribution >= 4 is 0 Å². The average Bonchev–Trinajstić information content (AvgIpc) is 2.42. The average molecular weight is 268 g/mol. The van der Waals surface area contributed by atoms with Crippen LogP contribution in [0.3, 0.4) is 0 Å². The molecule has 0 bridgehead atoms. The minimum atomic E-state index is 0.754.